The average molecular weight is 404 g/mol. The van der Waals surface area contributed by atoms with Crippen LogP contribution < -0.4 is 9.64 Å². The number of hydrogen-bond donors (Lipinski definition) is 0. The molecule has 2 aromatic heterocycles. The summed E-state index contributed by atoms with van der Waals surface area (Å²) in [5.41, 5.74) is 0.746. The number of anilines is 2. The van der Waals surface area contributed by atoms with Crippen molar-refractivity contribution in [2.75, 3.05) is 24.5 Å². The number of carbonyl (C=O) groups is 1. The molecule has 2 aromatic rings. The Morgan fingerprint density at radius 2 is 2.10 bits per heavy atom. The van der Waals surface area contributed by atoms with Gasteiger partial charge in [-0.1, -0.05) is 0 Å². The van der Waals surface area contributed by atoms with Gasteiger partial charge in [0.25, 0.3) is 0 Å². The summed E-state index contributed by atoms with van der Waals surface area (Å²) in [5.74, 6) is 2.04. The predicted molar refractivity (Wildman–Crippen MR) is 103 cm³/mol. The van der Waals surface area contributed by atoms with Crippen LogP contribution >= 0.6 is 0 Å². The van der Waals surface area contributed by atoms with Crippen LogP contribution in [0.15, 0.2) is 18.6 Å². The summed E-state index contributed by atoms with van der Waals surface area (Å²) in [4.78, 5) is 24.1. The second kappa shape index (κ2) is 7.84. The largest absolute Gasteiger partial charge is 0.471 e. The number of likely N-dealkylation sites (tertiary alicyclic amines) is 1. The normalized spacial score (nSPS) is 21.4. The third-order valence-corrected chi connectivity index (χ3v) is 5.11. The number of halogens is 1. The molecular formula is C19H25FN6O3. The number of hydrogen-bond acceptors (Lipinski definition) is 7. The molecule has 2 atom stereocenters. The van der Waals surface area contributed by atoms with Gasteiger partial charge in [-0.3, -0.25) is 0 Å². The summed E-state index contributed by atoms with van der Waals surface area (Å²) in [6.07, 6.45) is 0.813. The Morgan fingerprint density at radius 3 is 2.86 bits per heavy atom. The smallest absolute Gasteiger partial charge is 0.410 e. The van der Waals surface area contributed by atoms with Gasteiger partial charge in [-0.25, -0.2) is 23.8 Å². The van der Waals surface area contributed by atoms with Gasteiger partial charge in [0, 0.05) is 25.6 Å². The Morgan fingerprint density at radius 1 is 1.28 bits per heavy atom. The first-order valence-electron chi connectivity index (χ1n) is 9.81. The number of carbonyl (C=O) groups excluding carboxylic acids is 1. The molecule has 0 unspecified atom stereocenters. The van der Waals surface area contributed by atoms with Gasteiger partial charge >= 0.3 is 6.09 Å². The van der Waals surface area contributed by atoms with Crippen molar-refractivity contribution in [2.45, 2.75) is 52.1 Å². The molecular weight excluding hydrogens is 379 g/mol. The second-order valence-electron chi connectivity index (χ2n) is 7.53. The van der Waals surface area contributed by atoms with Gasteiger partial charge in [0.05, 0.1) is 31.0 Å². The van der Waals surface area contributed by atoms with Crippen molar-refractivity contribution in [2.24, 2.45) is 0 Å². The highest BCUT2D eigenvalue weighted by atomic mass is 19.1. The topological polar surface area (TPSA) is 85.6 Å². The molecule has 1 saturated heterocycles. The maximum absolute atomic E-state index is 14.7. The van der Waals surface area contributed by atoms with Gasteiger partial charge in [0.15, 0.2) is 6.17 Å². The number of piperidine rings is 1. The van der Waals surface area contributed by atoms with Gasteiger partial charge < -0.3 is 19.3 Å². The Labute approximate surface area is 168 Å². The number of ether oxygens (including phenoxy) is 2. The highest BCUT2D eigenvalue weighted by Crippen LogP contribution is 2.33. The molecule has 0 radical (unpaired) electrons. The lowest BCUT2D eigenvalue weighted by Crippen LogP contribution is -2.49. The quantitative estimate of drug-likeness (QED) is 0.774. The summed E-state index contributed by atoms with van der Waals surface area (Å²) >= 11 is 0. The molecule has 1 amide bonds. The van der Waals surface area contributed by atoms with Crippen molar-refractivity contribution in [1.82, 2.24) is 24.6 Å². The van der Waals surface area contributed by atoms with E-state index < -0.39 is 18.4 Å². The summed E-state index contributed by atoms with van der Waals surface area (Å²) in [7, 11) is 0. The number of amides is 1. The zero-order chi connectivity index (χ0) is 20.5. The molecule has 4 heterocycles. The molecule has 0 bridgehead atoms. The molecule has 2 aliphatic rings. The van der Waals surface area contributed by atoms with E-state index in [2.05, 4.69) is 15.1 Å². The third-order valence-electron chi connectivity index (χ3n) is 5.11. The molecule has 2 aliphatic heterocycles. The number of nitrogens with zero attached hydrogens (tertiary/aromatic N) is 6. The number of rotatable bonds is 4. The van der Waals surface area contributed by atoms with Crippen molar-refractivity contribution in [3.63, 3.8) is 0 Å². The molecule has 29 heavy (non-hydrogen) atoms. The molecule has 0 N–H and O–H groups in total. The molecule has 1 fully saturated rings. The van der Waals surface area contributed by atoms with Crippen LogP contribution in [-0.2, 0) is 11.3 Å². The van der Waals surface area contributed by atoms with Crippen LogP contribution in [-0.4, -0.2) is 68.8 Å². The second-order valence-corrected chi connectivity index (χ2v) is 7.53. The molecule has 4 rings (SSSR count). The van der Waals surface area contributed by atoms with E-state index in [1.54, 1.807) is 20.0 Å². The number of aromatic nitrogens is 4. The van der Waals surface area contributed by atoms with Gasteiger partial charge in [0.2, 0.25) is 5.88 Å². The third kappa shape index (κ3) is 3.83. The van der Waals surface area contributed by atoms with Crippen molar-refractivity contribution in [3.05, 3.63) is 24.2 Å². The van der Waals surface area contributed by atoms with Crippen LogP contribution in [0.4, 0.5) is 20.8 Å². The van der Waals surface area contributed by atoms with Gasteiger partial charge in [-0.05, 0) is 20.8 Å². The van der Waals surface area contributed by atoms with Crippen molar-refractivity contribution < 1.29 is 18.7 Å². The highest BCUT2D eigenvalue weighted by molar-refractivity contribution is 5.68. The fourth-order valence-corrected chi connectivity index (χ4v) is 3.67. The van der Waals surface area contributed by atoms with E-state index >= 15 is 0 Å². The first-order valence-corrected chi connectivity index (χ1v) is 9.81. The Hall–Kier alpha value is -2.91. The van der Waals surface area contributed by atoms with Crippen LogP contribution in [0.25, 0.3) is 0 Å². The van der Waals surface area contributed by atoms with Crippen molar-refractivity contribution in [3.8, 4) is 5.88 Å². The molecule has 10 heteroatoms. The fraction of sp³-hybridized carbons (Fsp3) is 0.579. The summed E-state index contributed by atoms with van der Waals surface area (Å²) < 4.78 is 27.7. The van der Waals surface area contributed by atoms with E-state index in [1.165, 1.54) is 11.2 Å². The molecule has 0 spiro atoms. The van der Waals surface area contributed by atoms with E-state index in [0.717, 1.165) is 30.3 Å². The maximum atomic E-state index is 14.7. The monoisotopic (exact) mass is 404 g/mol. The van der Waals surface area contributed by atoms with E-state index in [1.807, 2.05) is 22.6 Å². The van der Waals surface area contributed by atoms with E-state index in [9.17, 15) is 9.18 Å². The van der Waals surface area contributed by atoms with Crippen LogP contribution in [0.3, 0.4) is 0 Å². The average Bonchev–Trinajstić information content (AvgIpc) is 3.28. The SMILES string of the molecule is Cc1c(O[C@H]2CCN(C(=O)OC(C)C)C[C@H]2F)ncnc1N1CCn2nccc21. The van der Waals surface area contributed by atoms with Crippen LogP contribution in [0.5, 0.6) is 5.88 Å². The molecule has 0 aliphatic carbocycles. The lowest BCUT2D eigenvalue weighted by atomic mass is 10.1. The number of alkyl halides is 1. The molecule has 9 nitrogen and oxygen atoms in total. The van der Waals surface area contributed by atoms with E-state index in [-0.39, 0.29) is 12.6 Å². The van der Waals surface area contributed by atoms with E-state index in [0.29, 0.717) is 18.8 Å². The standard InChI is InChI=1S/C19H25FN6O3/c1-12(2)28-19(27)24-7-5-15(14(20)10-24)29-18-13(3)17(21-11-22-18)25-8-9-26-16(25)4-6-23-26/h4,6,11-12,14-15H,5,7-10H2,1-3H3/t14-,15+/m1/s1. The summed E-state index contributed by atoms with van der Waals surface area (Å²) in [6, 6.07) is 1.93. The maximum Gasteiger partial charge on any atom is 0.410 e. The zero-order valence-electron chi connectivity index (χ0n) is 16.8. The van der Waals surface area contributed by atoms with Gasteiger partial charge in [-0.2, -0.15) is 5.10 Å². The van der Waals surface area contributed by atoms with E-state index in [4.69, 9.17) is 9.47 Å². The minimum Gasteiger partial charge on any atom is -0.471 e. The van der Waals surface area contributed by atoms with Crippen LogP contribution in [0.2, 0.25) is 0 Å². The zero-order valence-corrected chi connectivity index (χ0v) is 16.8. The summed E-state index contributed by atoms with van der Waals surface area (Å²) in [5, 5.41) is 4.28. The molecule has 156 valence electrons. The first-order chi connectivity index (χ1) is 13.9. The summed E-state index contributed by atoms with van der Waals surface area (Å²) in [6.45, 7) is 7.25. The van der Waals surface area contributed by atoms with Crippen LogP contribution in [0.1, 0.15) is 25.8 Å². The van der Waals surface area contributed by atoms with Crippen molar-refractivity contribution in [1.29, 1.82) is 0 Å². The van der Waals surface area contributed by atoms with Crippen LogP contribution in [0, 0.1) is 6.92 Å². The van der Waals surface area contributed by atoms with Crippen molar-refractivity contribution >= 4 is 17.7 Å². The van der Waals surface area contributed by atoms with Gasteiger partial charge in [0.1, 0.15) is 24.1 Å². The predicted octanol–water partition coefficient (Wildman–Crippen LogP) is 2.47. The van der Waals surface area contributed by atoms with Gasteiger partial charge in [-0.15, -0.1) is 0 Å². The first kappa shape index (κ1) is 19.4. The Kier molecular flexibility index (Phi) is 5.25. The lowest BCUT2D eigenvalue weighted by molar-refractivity contribution is 0.00779. The number of fused-ring (bicyclic) bond motifs is 1. The highest BCUT2D eigenvalue weighted by Gasteiger charge is 2.35. The minimum atomic E-state index is -1.32. The fourth-order valence-electron chi connectivity index (χ4n) is 3.67. The molecule has 0 aromatic carbocycles. The lowest BCUT2D eigenvalue weighted by Gasteiger charge is -2.34. The molecule has 0 saturated carbocycles. The minimum absolute atomic E-state index is 0.0570. The Balaban J connectivity index is 1.45. The Bertz CT molecular complexity index is 889.